The smallest absolute Gasteiger partial charge is 0.226 e. The van der Waals surface area contributed by atoms with E-state index in [1.807, 2.05) is 0 Å². The molecule has 2 aliphatic heterocycles. The van der Waals surface area contributed by atoms with Crippen molar-refractivity contribution in [1.82, 2.24) is 20.4 Å². The van der Waals surface area contributed by atoms with E-state index in [-0.39, 0.29) is 0 Å². The van der Waals surface area contributed by atoms with E-state index in [1.165, 1.54) is 26.2 Å². The summed E-state index contributed by atoms with van der Waals surface area (Å²) >= 11 is 0. The van der Waals surface area contributed by atoms with E-state index < -0.39 is 0 Å². The standard InChI is InChI=1S/C13H22N4O/c1-9(2)3-13-15-12(16-18-13)8-17-6-10-4-14-5-11(10)7-17/h9-11,14H,3-8H2,1-2H3/t10-,11+. The van der Waals surface area contributed by atoms with Crippen molar-refractivity contribution in [3.63, 3.8) is 0 Å². The van der Waals surface area contributed by atoms with Crippen LogP contribution in [0.25, 0.3) is 0 Å². The largest absolute Gasteiger partial charge is 0.339 e. The Hall–Kier alpha value is -0.940. The predicted octanol–water partition coefficient (Wildman–Crippen LogP) is 0.919. The Morgan fingerprint density at radius 2 is 2.06 bits per heavy atom. The van der Waals surface area contributed by atoms with Crippen LogP contribution in [0.4, 0.5) is 0 Å². The molecule has 2 fully saturated rings. The summed E-state index contributed by atoms with van der Waals surface area (Å²) in [5.41, 5.74) is 0. The molecule has 3 heterocycles. The van der Waals surface area contributed by atoms with Gasteiger partial charge in [-0.2, -0.15) is 4.98 Å². The lowest BCUT2D eigenvalue weighted by Gasteiger charge is -2.13. The normalized spacial score (nSPS) is 28.2. The van der Waals surface area contributed by atoms with E-state index in [0.29, 0.717) is 5.92 Å². The van der Waals surface area contributed by atoms with Crippen molar-refractivity contribution in [2.24, 2.45) is 17.8 Å². The minimum atomic E-state index is 0.565. The van der Waals surface area contributed by atoms with Crippen molar-refractivity contribution in [2.45, 2.75) is 26.8 Å². The first-order valence-corrected chi connectivity index (χ1v) is 6.95. The molecule has 5 heteroatoms. The number of hydrogen-bond donors (Lipinski definition) is 1. The lowest BCUT2D eigenvalue weighted by Crippen LogP contribution is -2.25. The van der Waals surface area contributed by atoms with Crippen LogP contribution in [0, 0.1) is 17.8 Å². The van der Waals surface area contributed by atoms with E-state index in [0.717, 1.165) is 36.5 Å². The summed E-state index contributed by atoms with van der Waals surface area (Å²) < 4.78 is 5.28. The van der Waals surface area contributed by atoms with Crippen molar-refractivity contribution in [3.05, 3.63) is 11.7 Å². The number of likely N-dealkylation sites (tertiary alicyclic amines) is 1. The third kappa shape index (κ3) is 2.57. The van der Waals surface area contributed by atoms with Crippen LogP contribution in [-0.2, 0) is 13.0 Å². The Balaban J connectivity index is 1.55. The van der Waals surface area contributed by atoms with Crippen molar-refractivity contribution < 1.29 is 4.52 Å². The van der Waals surface area contributed by atoms with E-state index >= 15 is 0 Å². The average Bonchev–Trinajstić information content (AvgIpc) is 2.93. The number of fused-ring (bicyclic) bond motifs is 1. The molecule has 2 atom stereocenters. The van der Waals surface area contributed by atoms with Gasteiger partial charge in [0.25, 0.3) is 0 Å². The fourth-order valence-electron chi connectivity index (χ4n) is 3.07. The van der Waals surface area contributed by atoms with Gasteiger partial charge in [0.05, 0.1) is 6.54 Å². The number of nitrogens with zero attached hydrogens (tertiary/aromatic N) is 3. The third-order valence-electron chi connectivity index (χ3n) is 3.92. The lowest BCUT2D eigenvalue weighted by atomic mass is 10.0. The quantitative estimate of drug-likeness (QED) is 0.861. The molecule has 1 N–H and O–H groups in total. The molecule has 0 saturated carbocycles. The predicted molar refractivity (Wildman–Crippen MR) is 68.0 cm³/mol. The van der Waals surface area contributed by atoms with Gasteiger partial charge in [-0.1, -0.05) is 19.0 Å². The van der Waals surface area contributed by atoms with Gasteiger partial charge >= 0.3 is 0 Å². The minimum Gasteiger partial charge on any atom is -0.339 e. The van der Waals surface area contributed by atoms with E-state index in [4.69, 9.17) is 4.52 Å². The summed E-state index contributed by atoms with van der Waals surface area (Å²) in [5, 5.41) is 7.54. The Labute approximate surface area is 108 Å². The van der Waals surface area contributed by atoms with Crippen LogP contribution >= 0.6 is 0 Å². The zero-order valence-electron chi connectivity index (χ0n) is 11.2. The highest BCUT2D eigenvalue weighted by molar-refractivity contribution is 4.94. The van der Waals surface area contributed by atoms with Crippen LogP contribution in [0.2, 0.25) is 0 Å². The number of hydrogen-bond acceptors (Lipinski definition) is 5. The van der Waals surface area contributed by atoms with Gasteiger partial charge in [-0.15, -0.1) is 0 Å². The van der Waals surface area contributed by atoms with Gasteiger partial charge in [-0.3, -0.25) is 4.90 Å². The Kier molecular flexibility index (Phi) is 3.35. The molecule has 0 aliphatic carbocycles. The molecular weight excluding hydrogens is 228 g/mol. The Bertz CT molecular complexity index is 391. The summed E-state index contributed by atoms with van der Waals surface area (Å²) in [6.45, 7) is 9.86. The number of aromatic nitrogens is 2. The van der Waals surface area contributed by atoms with Crippen molar-refractivity contribution in [2.75, 3.05) is 26.2 Å². The fourth-order valence-corrected chi connectivity index (χ4v) is 3.07. The van der Waals surface area contributed by atoms with Crippen LogP contribution in [0.5, 0.6) is 0 Å². The number of rotatable bonds is 4. The van der Waals surface area contributed by atoms with Gasteiger partial charge in [0, 0.05) is 19.5 Å². The molecule has 0 aromatic carbocycles. The van der Waals surface area contributed by atoms with Crippen molar-refractivity contribution in [1.29, 1.82) is 0 Å². The first-order chi connectivity index (χ1) is 8.70. The molecule has 0 unspecified atom stereocenters. The molecule has 100 valence electrons. The molecule has 18 heavy (non-hydrogen) atoms. The molecule has 0 spiro atoms. The summed E-state index contributed by atoms with van der Waals surface area (Å²) in [6, 6.07) is 0. The van der Waals surface area contributed by atoms with Crippen LogP contribution < -0.4 is 5.32 Å². The van der Waals surface area contributed by atoms with Gasteiger partial charge in [-0.25, -0.2) is 0 Å². The Morgan fingerprint density at radius 3 is 2.72 bits per heavy atom. The van der Waals surface area contributed by atoms with Crippen LogP contribution in [0.1, 0.15) is 25.6 Å². The second-order valence-electron chi connectivity index (χ2n) is 6.07. The summed E-state index contributed by atoms with van der Waals surface area (Å²) in [4.78, 5) is 6.93. The zero-order valence-corrected chi connectivity index (χ0v) is 11.2. The molecule has 1 aromatic rings. The SMILES string of the molecule is CC(C)Cc1nc(CN2C[C@H]3CNC[C@H]3C2)no1. The molecule has 1 aromatic heterocycles. The van der Waals surface area contributed by atoms with Gasteiger partial charge in [0.2, 0.25) is 5.89 Å². The highest BCUT2D eigenvalue weighted by Gasteiger charge is 2.36. The summed E-state index contributed by atoms with van der Waals surface area (Å²) in [7, 11) is 0. The average molecular weight is 250 g/mol. The van der Waals surface area contributed by atoms with Crippen molar-refractivity contribution in [3.8, 4) is 0 Å². The zero-order chi connectivity index (χ0) is 12.5. The summed E-state index contributed by atoms with van der Waals surface area (Å²) in [5.74, 6) is 3.84. The van der Waals surface area contributed by atoms with Crippen LogP contribution in [0.15, 0.2) is 4.52 Å². The molecular formula is C13H22N4O. The lowest BCUT2D eigenvalue weighted by molar-refractivity contribution is 0.288. The van der Waals surface area contributed by atoms with Gasteiger partial charge in [0.1, 0.15) is 0 Å². The maximum absolute atomic E-state index is 5.28. The van der Waals surface area contributed by atoms with Crippen molar-refractivity contribution >= 4 is 0 Å². The molecule has 5 nitrogen and oxygen atoms in total. The monoisotopic (exact) mass is 250 g/mol. The molecule has 0 amide bonds. The fraction of sp³-hybridized carbons (Fsp3) is 0.846. The summed E-state index contributed by atoms with van der Waals surface area (Å²) in [6.07, 6.45) is 0.877. The van der Waals surface area contributed by atoms with E-state index in [1.54, 1.807) is 0 Å². The minimum absolute atomic E-state index is 0.565. The molecule has 2 aliphatic rings. The van der Waals surface area contributed by atoms with E-state index in [9.17, 15) is 0 Å². The molecule has 2 saturated heterocycles. The van der Waals surface area contributed by atoms with Crippen LogP contribution in [-0.4, -0.2) is 41.2 Å². The maximum Gasteiger partial charge on any atom is 0.226 e. The molecule has 0 radical (unpaired) electrons. The highest BCUT2D eigenvalue weighted by Crippen LogP contribution is 2.26. The molecule has 3 rings (SSSR count). The Morgan fingerprint density at radius 1 is 1.33 bits per heavy atom. The first-order valence-electron chi connectivity index (χ1n) is 6.95. The van der Waals surface area contributed by atoms with Gasteiger partial charge in [0.15, 0.2) is 5.82 Å². The second kappa shape index (κ2) is 4.97. The number of nitrogens with one attached hydrogen (secondary N) is 1. The van der Waals surface area contributed by atoms with Crippen LogP contribution in [0.3, 0.4) is 0 Å². The first kappa shape index (κ1) is 12.1. The van der Waals surface area contributed by atoms with Gasteiger partial charge < -0.3 is 9.84 Å². The second-order valence-corrected chi connectivity index (χ2v) is 6.07. The molecule has 0 bridgehead atoms. The maximum atomic E-state index is 5.28. The third-order valence-corrected chi connectivity index (χ3v) is 3.92. The topological polar surface area (TPSA) is 54.2 Å². The highest BCUT2D eigenvalue weighted by atomic mass is 16.5. The van der Waals surface area contributed by atoms with E-state index in [2.05, 4.69) is 34.2 Å². The van der Waals surface area contributed by atoms with Gasteiger partial charge in [-0.05, 0) is 30.8 Å².